The molecule has 1 aliphatic rings. The maximum atomic E-state index is 13.7. The van der Waals surface area contributed by atoms with Gasteiger partial charge < -0.3 is 10.2 Å². The van der Waals surface area contributed by atoms with Gasteiger partial charge in [0.1, 0.15) is 5.69 Å². The van der Waals surface area contributed by atoms with Gasteiger partial charge in [0.25, 0.3) is 0 Å². The molecule has 0 amide bonds. The molecule has 19 heavy (non-hydrogen) atoms. The number of anilines is 1. The molecule has 1 N–H and O–H groups in total. The van der Waals surface area contributed by atoms with Gasteiger partial charge in [0.15, 0.2) is 23.3 Å². The minimum absolute atomic E-state index is 0.232. The van der Waals surface area contributed by atoms with Crippen molar-refractivity contribution < 1.29 is 17.6 Å². The van der Waals surface area contributed by atoms with E-state index in [2.05, 4.69) is 5.32 Å². The standard InChI is InChI=1S/C13H16F4N2/c1-3-13(2)7-19(5-4-18-13)12-10(16)8(14)6-9(15)11(12)17/h6,18H,3-5,7H2,1-2H3. The monoisotopic (exact) mass is 276 g/mol. The third-order valence-corrected chi connectivity index (χ3v) is 3.66. The number of hydrogen-bond acceptors (Lipinski definition) is 2. The van der Waals surface area contributed by atoms with Crippen LogP contribution in [-0.2, 0) is 0 Å². The zero-order valence-corrected chi connectivity index (χ0v) is 10.9. The Morgan fingerprint density at radius 1 is 1.21 bits per heavy atom. The van der Waals surface area contributed by atoms with Crippen LogP contribution in [-0.4, -0.2) is 25.2 Å². The summed E-state index contributed by atoms with van der Waals surface area (Å²) in [6.45, 7) is 4.94. The summed E-state index contributed by atoms with van der Waals surface area (Å²) in [6.07, 6.45) is 0.741. The number of nitrogens with zero attached hydrogens (tertiary/aromatic N) is 1. The van der Waals surface area contributed by atoms with Crippen molar-refractivity contribution in [2.24, 2.45) is 0 Å². The lowest BCUT2D eigenvalue weighted by atomic mass is 9.95. The summed E-state index contributed by atoms with van der Waals surface area (Å²) in [5, 5.41) is 3.24. The first-order valence-corrected chi connectivity index (χ1v) is 6.21. The zero-order chi connectivity index (χ0) is 14.2. The summed E-state index contributed by atoms with van der Waals surface area (Å²) in [6, 6.07) is 0.232. The highest BCUT2D eigenvalue weighted by Gasteiger charge is 2.33. The summed E-state index contributed by atoms with van der Waals surface area (Å²) >= 11 is 0. The fraction of sp³-hybridized carbons (Fsp3) is 0.538. The minimum Gasteiger partial charge on any atom is -0.363 e. The summed E-state index contributed by atoms with van der Waals surface area (Å²) in [5.41, 5.74) is -0.946. The Morgan fingerprint density at radius 3 is 2.32 bits per heavy atom. The van der Waals surface area contributed by atoms with Gasteiger partial charge in [-0.1, -0.05) is 6.92 Å². The van der Waals surface area contributed by atoms with Crippen LogP contribution >= 0.6 is 0 Å². The van der Waals surface area contributed by atoms with Crippen LogP contribution in [0, 0.1) is 23.3 Å². The van der Waals surface area contributed by atoms with Crippen molar-refractivity contribution in [3.05, 3.63) is 29.3 Å². The second-order valence-electron chi connectivity index (χ2n) is 5.08. The smallest absolute Gasteiger partial charge is 0.185 e. The summed E-state index contributed by atoms with van der Waals surface area (Å²) in [7, 11) is 0. The van der Waals surface area contributed by atoms with Crippen LogP contribution in [0.15, 0.2) is 6.07 Å². The van der Waals surface area contributed by atoms with Gasteiger partial charge in [-0.05, 0) is 13.3 Å². The van der Waals surface area contributed by atoms with Crippen LogP contribution < -0.4 is 10.2 Å². The first-order chi connectivity index (χ1) is 8.88. The molecule has 1 saturated heterocycles. The van der Waals surface area contributed by atoms with Gasteiger partial charge >= 0.3 is 0 Å². The van der Waals surface area contributed by atoms with Crippen LogP contribution in [0.5, 0.6) is 0 Å². The Labute approximate surface area is 109 Å². The predicted octanol–water partition coefficient (Wildman–Crippen LogP) is 2.82. The van der Waals surface area contributed by atoms with E-state index in [9.17, 15) is 17.6 Å². The number of rotatable bonds is 2. The van der Waals surface area contributed by atoms with Crippen molar-refractivity contribution in [2.45, 2.75) is 25.8 Å². The number of nitrogens with one attached hydrogen (secondary N) is 1. The van der Waals surface area contributed by atoms with E-state index in [1.165, 1.54) is 4.90 Å². The van der Waals surface area contributed by atoms with E-state index >= 15 is 0 Å². The van der Waals surface area contributed by atoms with Crippen LogP contribution in [0.4, 0.5) is 23.2 Å². The fourth-order valence-corrected chi connectivity index (χ4v) is 2.31. The number of hydrogen-bond donors (Lipinski definition) is 1. The lowest BCUT2D eigenvalue weighted by Crippen LogP contribution is -2.59. The topological polar surface area (TPSA) is 15.3 Å². The molecule has 106 valence electrons. The molecule has 1 fully saturated rings. The van der Waals surface area contributed by atoms with E-state index in [1.807, 2.05) is 13.8 Å². The molecule has 0 radical (unpaired) electrons. The average Bonchev–Trinajstić information content (AvgIpc) is 2.37. The second kappa shape index (κ2) is 5.00. The zero-order valence-electron chi connectivity index (χ0n) is 10.9. The van der Waals surface area contributed by atoms with E-state index in [1.54, 1.807) is 0 Å². The molecule has 2 nitrogen and oxygen atoms in total. The van der Waals surface area contributed by atoms with Crippen LogP contribution in [0.3, 0.4) is 0 Å². The van der Waals surface area contributed by atoms with E-state index in [-0.39, 0.29) is 11.6 Å². The highest BCUT2D eigenvalue weighted by atomic mass is 19.2. The maximum Gasteiger partial charge on any atom is 0.185 e. The molecule has 0 aliphatic carbocycles. The molecule has 2 rings (SSSR count). The summed E-state index contributed by atoms with van der Waals surface area (Å²) in [5.74, 6) is -5.41. The van der Waals surface area contributed by atoms with Crippen molar-refractivity contribution in [3.63, 3.8) is 0 Å². The molecule has 1 atom stereocenters. The van der Waals surface area contributed by atoms with Gasteiger partial charge in [0.2, 0.25) is 0 Å². The van der Waals surface area contributed by atoms with E-state index in [0.717, 1.165) is 6.42 Å². The molecule has 6 heteroatoms. The fourth-order valence-electron chi connectivity index (χ4n) is 2.31. The predicted molar refractivity (Wildman–Crippen MR) is 65.2 cm³/mol. The molecule has 0 spiro atoms. The molecule has 1 aromatic rings. The van der Waals surface area contributed by atoms with Crippen molar-refractivity contribution in [3.8, 4) is 0 Å². The van der Waals surface area contributed by atoms with Gasteiger partial charge in [-0.15, -0.1) is 0 Å². The Balaban J connectivity index is 2.42. The Hall–Kier alpha value is -1.30. The van der Waals surface area contributed by atoms with Crippen LogP contribution in [0.25, 0.3) is 0 Å². The third-order valence-electron chi connectivity index (χ3n) is 3.66. The maximum absolute atomic E-state index is 13.7. The van der Waals surface area contributed by atoms with Crippen LogP contribution in [0.1, 0.15) is 20.3 Å². The molecule has 0 aromatic heterocycles. The third kappa shape index (κ3) is 2.54. The first kappa shape index (κ1) is 14.1. The highest BCUT2D eigenvalue weighted by molar-refractivity contribution is 5.51. The van der Waals surface area contributed by atoms with E-state index < -0.39 is 29.0 Å². The quantitative estimate of drug-likeness (QED) is 0.660. The van der Waals surface area contributed by atoms with Crippen LogP contribution in [0.2, 0.25) is 0 Å². The molecular formula is C13H16F4N2. The van der Waals surface area contributed by atoms with Gasteiger partial charge in [0.05, 0.1) is 0 Å². The van der Waals surface area contributed by atoms with Gasteiger partial charge in [-0.25, -0.2) is 17.6 Å². The van der Waals surface area contributed by atoms with E-state index in [4.69, 9.17) is 0 Å². The number of benzene rings is 1. The molecule has 0 bridgehead atoms. The Kier molecular flexibility index (Phi) is 3.71. The largest absolute Gasteiger partial charge is 0.363 e. The second-order valence-corrected chi connectivity index (χ2v) is 5.08. The van der Waals surface area contributed by atoms with Gasteiger partial charge in [-0.3, -0.25) is 0 Å². The summed E-state index contributed by atoms with van der Waals surface area (Å²) in [4.78, 5) is 1.36. The Morgan fingerprint density at radius 2 is 1.79 bits per heavy atom. The van der Waals surface area contributed by atoms with Gasteiger partial charge in [0, 0.05) is 31.2 Å². The molecule has 1 unspecified atom stereocenters. The molecular weight excluding hydrogens is 260 g/mol. The molecule has 1 aliphatic heterocycles. The molecule has 0 saturated carbocycles. The summed E-state index contributed by atoms with van der Waals surface area (Å²) < 4.78 is 53.9. The normalized spacial score (nSPS) is 23.8. The molecule has 1 aromatic carbocycles. The van der Waals surface area contributed by atoms with Gasteiger partial charge in [-0.2, -0.15) is 0 Å². The van der Waals surface area contributed by atoms with Crippen molar-refractivity contribution >= 4 is 5.69 Å². The van der Waals surface area contributed by atoms with E-state index in [0.29, 0.717) is 19.6 Å². The SMILES string of the molecule is CCC1(C)CN(c2c(F)c(F)cc(F)c2F)CCN1. The first-order valence-electron chi connectivity index (χ1n) is 6.21. The number of halogens is 4. The van der Waals surface area contributed by atoms with Crippen molar-refractivity contribution in [1.82, 2.24) is 5.32 Å². The number of piperazine rings is 1. The lowest BCUT2D eigenvalue weighted by Gasteiger charge is -2.42. The van der Waals surface area contributed by atoms with Crippen molar-refractivity contribution in [2.75, 3.05) is 24.5 Å². The van der Waals surface area contributed by atoms with Crippen molar-refractivity contribution in [1.29, 1.82) is 0 Å². The minimum atomic E-state index is -1.37. The lowest BCUT2D eigenvalue weighted by molar-refractivity contribution is 0.309. The molecule has 1 heterocycles. The highest BCUT2D eigenvalue weighted by Crippen LogP contribution is 2.30. The Bertz CT molecular complexity index is 466. The average molecular weight is 276 g/mol.